The van der Waals surface area contributed by atoms with E-state index in [1.54, 1.807) is 12.1 Å². The summed E-state index contributed by atoms with van der Waals surface area (Å²) in [4.78, 5) is 0. The standard InChI is InChI=1S/C13H19NO3/c1-2-7-15-8-9-16-10-11-17-13-6-4-3-5-12(13)14/h2-6H,1,7-11,14H2. The Kier molecular flexibility index (Phi) is 6.86. The molecule has 1 aromatic rings. The first-order valence-corrected chi connectivity index (χ1v) is 5.58. The molecule has 4 nitrogen and oxygen atoms in total. The quantitative estimate of drug-likeness (QED) is 0.404. The predicted octanol–water partition coefficient (Wildman–Crippen LogP) is 1.87. The Morgan fingerprint density at radius 3 is 2.53 bits per heavy atom. The minimum atomic E-state index is 0.482. The van der Waals surface area contributed by atoms with Gasteiger partial charge in [-0.2, -0.15) is 0 Å². The van der Waals surface area contributed by atoms with Gasteiger partial charge in [-0.25, -0.2) is 0 Å². The van der Waals surface area contributed by atoms with Crippen molar-refractivity contribution in [1.29, 1.82) is 0 Å². The van der Waals surface area contributed by atoms with Gasteiger partial charge in [0.2, 0.25) is 0 Å². The van der Waals surface area contributed by atoms with Crippen molar-refractivity contribution < 1.29 is 14.2 Å². The topological polar surface area (TPSA) is 53.7 Å². The smallest absolute Gasteiger partial charge is 0.142 e. The Morgan fingerprint density at radius 1 is 1.06 bits per heavy atom. The Morgan fingerprint density at radius 2 is 1.76 bits per heavy atom. The number of hydrogen-bond donors (Lipinski definition) is 1. The summed E-state index contributed by atoms with van der Waals surface area (Å²) in [5, 5.41) is 0. The molecule has 4 heteroatoms. The van der Waals surface area contributed by atoms with E-state index in [1.807, 2.05) is 18.2 Å². The molecular formula is C13H19NO3. The lowest BCUT2D eigenvalue weighted by atomic mass is 10.3. The van der Waals surface area contributed by atoms with Crippen molar-refractivity contribution >= 4 is 5.69 Å². The Labute approximate surface area is 102 Å². The molecule has 0 unspecified atom stereocenters. The molecule has 0 aliphatic rings. The van der Waals surface area contributed by atoms with Gasteiger partial charge in [0.05, 0.1) is 32.1 Å². The van der Waals surface area contributed by atoms with E-state index in [1.165, 1.54) is 0 Å². The van der Waals surface area contributed by atoms with Crippen LogP contribution in [-0.4, -0.2) is 33.0 Å². The zero-order valence-electron chi connectivity index (χ0n) is 9.93. The first-order valence-electron chi connectivity index (χ1n) is 5.58. The molecule has 0 saturated heterocycles. The largest absolute Gasteiger partial charge is 0.489 e. The Hall–Kier alpha value is -1.52. The second-order valence-corrected chi connectivity index (χ2v) is 3.36. The maximum atomic E-state index is 5.72. The van der Waals surface area contributed by atoms with Crippen LogP contribution in [0.4, 0.5) is 5.69 Å². The molecule has 0 amide bonds. The molecule has 1 rings (SSSR count). The molecule has 0 aromatic heterocycles. The van der Waals surface area contributed by atoms with Crippen LogP contribution in [0.1, 0.15) is 0 Å². The van der Waals surface area contributed by atoms with E-state index in [-0.39, 0.29) is 0 Å². The van der Waals surface area contributed by atoms with Gasteiger partial charge in [0.25, 0.3) is 0 Å². The van der Waals surface area contributed by atoms with Gasteiger partial charge in [-0.3, -0.25) is 0 Å². The van der Waals surface area contributed by atoms with E-state index >= 15 is 0 Å². The highest BCUT2D eigenvalue weighted by atomic mass is 16.5. The third kappa shape index (κ3) is 5.94. The average molecular weight is 237 g/mol. The summed E-state index contributed by atoms with van der Waals surface area (Å²) in [5.74, 6) is 0.694. The molecule has 0 saturated carbocycles. The maximum absolute atomic E-state index is 5.72. The minimum Gasteiger partial charge on any atom is -0.489 e. The Balaban J connectivity index is 2.01. The van der Waals surface area contributed by atoms with Crippen molar-refractivity contribution in [2.45, 2.75) is 0 Å². The summed E-state index contributed by atoms with van der Waals surface area (Å²) < 4.78 is 15.9. The molecule has 17 heavy (non-hydrogen) atoms. The zero-order chi connectivity index (χ0) is 12.3. The highest BCUT2D eigenvalue weighted by Gasteiger charge is 1.97. The molecule has 1 aromatic carbocycles. The molecule has 0 radical (unpaired) electrons. The van der Waals surface area contributed by atoms with Crippen molar-refractivity contribution in [3.05, 3.63) is 36.9 Å². The number of nitrogens with two attached hydrogens (primary N) is 1. The fraction of sp³-hybridized carbons (Fsp3) is 0.385. The van der Waals surface area contributed by atoms with Crippen LogP contribution in [0.25, 0.3) is 0 Å². The fourth-order valence-electron chi connectivity index (χ4n) is 1.21. The van der Waals surface area contributed by atoms with Gasteiger partial charge in [0.15, 0.2) is 0 Å². The molecule has 0 aliphatic heterocycles. The van der Waals surface area contributed by atoms with Crippen molar-refractivity contribution in [3.63, 3.8) is 0 Å². The normalized spacial score (nSPS) is 10.1. The summed E-state index contributed by atoms with van der Waals surface area (Å²) in [6.45, 7) is 6.24. The summed E-state index contributed by atoms with van der Waals surface area (Å²) in [6, 6.07) is 7.40. The first kappa shape index (κ1) is 13.5. The second kappa shape index (κ2) is 8.61. The highest BCUT2D eigenvalue weighted by molar-refractivity contribution is 5.51. The number of benzene rings is 1. The van der Waals surface area contributed by atoms with E-state index in [0.717, 1.165) is 0 Å². The van der Waals surface area contributed by atoms with Gasteiger partial charge in [-0.05, 0) is 12.1 Å². The Bertz CT molecular complexity index is 328. The molecule has 0 atom stereocenters. The first-order chi connectivity index (χ1) is 8.34. The third-order valence-corrected chi connectivity index (χ3v) is 2.01. The number of rotatable bonds is 9. The summed E-state index contributed by atoms with van der Waals surface area (Å²) >= 11 is 0. The minimum absolute atomic E-state index is 0.482. The lowest BCUT2D eigenvalue weighted by Crippen LogP contribution is -2.11. The van der Waals surface area contributed by atoms with E-state index in [0.29, 0.717) is 44.5 Å². The predicted molar refractivity (Wildman–Crippen MR) is 68.2 cm³/mol. The van der Waals surface area contributed by atoms with Gasteiger partial charge < -0.3 is 19.9 Å². The number of ether oxygens (including phenoxy) is 3. The second-order valence-electron chi connectivity index (χ2n) is 3.36. The van der Waals surface area contributed by atoms with E-state index in [2.05, 4.69) is 6.58 Å². The number of para-hydroxylation sites is 2. The molecule has 0 spiro atoms. The summed E-state index contributed by atoms with van der Waals surface area (Å²) in [5.41, 5.74) is 6.36. The van der Waals surface area contributed by atoms with E-state index in [4.69, 9.17) is 19.9 Å². The lowest BCUT2D eigenvalue weighted by Gasteiger charge is -2.08. The molecule has 0 aliphatic carbocycles. The van der Waals surface area contributed by atoms with Gasteiger partial charge in [-0.15, -0.1) is 6.58 Å². The number of hydrogen-bond acceptors (Lipinski definition) is 4. The van der Waals surface area contributed by atoms with Crippen molar-refractivity contribution in [2.75, 3.05) is 38.8 Å². The van der Waals surface area contributed by atoms with Crippen LogP contribution in [0.2, 0.25) is 0 Å². The number of anilines is 1. The maximum Gasteiger partial charge on any atom is 0.142 e. The van der Waals surface area contributed by atoms with Crippen molar-refractivity contribution in [1.82, 2.24) is 0 Å². The molecular weight excluding hydrogens is 218 g/mol. The number of nitrogen functional groups attached to an aromatic ring is 1. The van der Waals surface area contributed by atoms with E-state index in [9.17, 15) is 0 Å². The molecule has 0 fully saturated rings. The average Bonchev–Trinajstić information content (AvgIpc) is 2.35. The van der Waals surface area contributed by atoms with Crippen molar-refractivity contribution in [2.24, 2.45) is 0 Å². The van der Waals surface area contributed by atoms with Crippen LogP contribution < -0.4 is 10.5 Å². The van der Waals surface area contributed by atoms with Crippen LogP contribution in [-0.2, 0) is 9.47 Å². The van der Waals surface area contributed by atoms with Crippen LogP contribution >= 0.6 is 0 Å². The van der Waals surface area contributed by atoms with Gasteiger partial charge in [-0.1, -0.05) is 18.2 Å². The van der Waals surface area contributed by atoms with Gasteiger partial charge in [0.1, 0.15) is 12.4 Å². The molecule has 94 valence electrons. The van der Waals surface area contributed by atoms with Gasteiger partial charge >= 0.3 is 0 Å². The monoisotopic (exact) mass is 237 g/mol. The summed E-state index contributed by atoms with van der Waals surface area (Å²) in [6.07, 6.45) is 1.71. The SMILES string of the molecule is C=CCOCCOCCOc1ccccc1N. The van der Waals surface area contributed by atoms with Crippen LogP contribution in [0.5, 0.6) is 5.75 Å². The van der Waals surface area contributed by atoms with Crippen LogP contribution in [0, 0.1) is 0 Å². The molecule has 0 heterocycles. The zero-order valence-corrected chi connectivity index (χ0v) is 9.93. The molecule has 2 N–H and O–H groups in total. The lowest BCUT2D eigenvalue weighted by molar-refractivity contribution is 0.0450. The van der Waals surface area contributed by atoms with Crippen LogP contribution in [0.15, 0.2) is 36.9 Å². The summed E-state index contributed by atoms with van der Waals surface area (Å²) in [7, 11) is 0. The van der Waals surface area contributed by atoms with E-state index < -0.39 is 0 Å². The van der Waals surface area contributed by atoms with Crippen LogP contribution in [0.3, 0.4) is 0 Å². The molecule has 0 bridgehead atoms. The fourth-order valence-corrected chi connectivity index (χ4v) is 1.21. The van der Waals surface area contributed by atoms with Gasteiger partial charge in [0, 0.05) is 0 Å². The van der Waals surface area contributed by atoms with Crippen molar-refractivity contribution in [3.8, 4) is 5.75 Å². The third-order valence-electron chi connectivity index (χ3n) is 2.01. The highest BCUT2D eigenvalue weighted by Crippen LogP contribution is 2.19.